The second-order valence-corrected chi connectivity index (χ2v) is 4.57. The summed E-state index contributed by atoms with van der Waals surface area (Å²) in [7, 11) is 1.66. The third-order valence-corrected chi connectivity index (χ3v) is 3.11. The van der Waals surface area contributed by atoms with Crippen molar-refractivity contribution in [1.82, 2.24) is 0 Å². The lowest BCUT2D eigenvalue weighted by molar-refractivity contribution is 0.265. The van der Waals surface area contributed by atoms with E-state index in [1.165, 1.54) is 0 Å². The number of methoxy groups -OCH3 is 1. The molecule has 1 unspecified atom stereocenters. The summed E-state index contributed by atoms with van der Waals surface area (Å²) in [4.78, 5) is 0. The summed E-state index contributed by atoms with van der Waals surface area (Å²) < 4.78 is 5.14. The molecule has 0 aliphatic heterocycles. The van der Waals surface area contributed by atoms with Gasteiger partial charge in [-0.15, -0.1) is 12.4 Å². The van der Waals surface area contributed by atoms with E-state index in [0.29, 0.717) is 6.42 Å². The Hall–Kier alpha value is -1.55. The number of aliphatic hydroxyl groups is 1. The maximum atomic E-state index is 8.94. The summed E-state index contributed by atoms with van der Waals surface area (Å²) >= 11 is 0. The maximum absolute atomic E-state index is 8.94. The Morgan fingerprint density at radius 3 is 1.95 bits per heavy atom. The zero-order valence-corrected chi connectivity index (χ0v) is 12.3. The number of hydrogen-bond acceptors (Lipinski definition) is 3. The SMILES string of the molecule is COc1ccc(-c2ccc(CC(N)CO)cc2)cc1.Cl. The quantitative estimate of drug-likeness (QED) is 0.891. The van der Waals surface area contributed by atoms with Gasteiger partial charge in [-0.25, -0.2) is 0 Å². The lowest BCUT2D eigenvalue weighted by Crippen LogP contribution is -2.26. The van der Waals surface area contributed by atoms with E-state index < -0.39 is 0 Å². The second kappa shape index (κ2) is 7.90. The van der Waals surface area contributed by atoms with Gasteiger partial charge in [0.1, 0.15) is 5.75 Å². The summed E-state index contributed by atoms with van der Waals surface area (Å²) in [5, 5.41) is 8.94. The van der Waals surface area contributed by atoms with Gasteiger partial charge >= 0.3 is 0 Å². The predicted octanol–water partition coefficient (Wildman–Crippen LogP) is 2.65. The molecule has 0 saturated carbocycles. The van der Waals surface area contributed by atoms with Crippen LogP contribution in [0.4, 0.5) is 0 Å². The van der Waals surface area contributed by atoms with Crippen LogP contribution in [0.15, 0.2) is 48.5 Å². The first-order valence-corrected chi connectivity index (χ1v) is 6.32. The molecule has 0 heterocycles. The molecule has 0 aliphatic carbocycles. The van der Waals surface area contributed by atoms with E-state index in [4.69, 9.17) is 15.6 Å². The summed E-state index contributed by atoms with van der Waals surface area (Å²) in [6.45, 7) is 0.0141. The Bertz CT molecular complexity index is 511. The third-order valence-electron chi connectivity index (χ3n) is 3.11. The average Bonchev–Trinajstić information content (AvgIpc) is 2.48. The smallest absolute Gasteiger partial charge is 0.118 e. The minimum atomic E-state index is -0.188. The lowest BCUT2D eigenvalue weighted by atomic mass is 10.0. The number of benzene rings is 2. The molecule has 1 atom stereocenters. The van der Waals surface area contributed by atoms with Gasteiger partial charge in [0.25, 0.3) is 0 Å². The largest absolute Gasteiger partial charge is 0.497 e. The maximum Gasteiger partial charge on any atom is 0.118 e. The van der Waals surface area contributed by atoms with Crippen LogP contribution in [0.1, 0.15) is 5.56 Å². The molecule has 3 nitrogen and oxygen atoms in total. The van der Waals surface area contributed by atoms with Gasteiger partial charge in [0.2, 0.25) is 0 Å². The van der Waals surface area contributed by atoms with Crippen LogP contribution in [0.25, 0.3) is 11.1 Å². The molecule has 0 fully saturated rings. The van der Waals surface area contributed by atoms with Crippen molar-refractivity contribution in [2.24, 2.45) is 5.73 Å². The van der Waals surface area contributed by atoms with E-state index in [1.807, 2.05) is 24.3 Å². The highest BCUT2D eigenvalue weighted by molar-refractivity contribution is 5.85. The van der Waals surface area contributed by atoms with Crippen molar-refractivity contribution in [3.63, 3.8) is 0 Å². The van der Waals surface area contributed by atoms with Gasteiger partial charge in [-0.1, -0.05) is 36.4 Å². The highest BCUT2D eigenvalue weighted by atomic mass is 35.5. The molecular weight excluding hydrogens is 274 g/mol. The molecule has 108 valence electrons. The molecule has 0 bridgehead atoms. The number of aliphatic hydroxyl groups excluding tert-OH is 1. The zero-order valence-electron chi connectivity index (χ0n) is 11.5. The van der Waals surface area contributed by atoms with Gasteiger partial charge in [0.05, 0.1) is 13.7 Å². The lowest BCUT2D eigenvalue weighted by Gasteiger charge is -2.09. The number of rotatable bonds is 5. The Morgan fingerprint density at radius 2 is 1.50 bits per heavy atom. The summed E-state index contributed by atoms with van der Waals surface area (Å²) in [6.07, 6.45) is 0.694. The monoisotopic (exact) mass is 293 g/mol. The third kappa shape index (κ3) is 4.23. The van der Waals surface area contributed by atoms with Crippen molar-refractivity contribution < 1.29 is 9.84 Å². The molecule has 2 aromatic carbocycles. The molecule has 2 aromatic rings. The van der Waals surface area contributed by atoms with Crippen molar-refractivity contribution in [2.75, 3.05) is 13.7 Å². The fourth-order valence-corrected chi connectivity index (χ4v) is 1.98. The van der Waals surface area contributed by atoms with E-state index in [9.17, 15) is 0 Å². The van der Waals surface area contributed by atoms with Gasteiger partial charge in [-0.3, -0.25) is 0 Å². The highest BCUT2D eigenvalue weighted by Crippen LogP contribution is 2.22. The second-order valence-electron chi connectivity index (χ2n) is 4.57. The number of halogens is 1. The van der Waals surface area contributed by atoms with E-state index in [0.717, 1.165) is 22.4 Å². The van der Waals surface area contributed by atoms with Crippen LogP contribution >= 0.6 is 12.4 Å². The van der Waals surface area contributed by atoms with Gasteiger partial charge in [0, 0.05) is 6.04 Å². The zero-order chi connectivity index (χ0) is 13.7. The van der Waals surface area contributed by atoms with Gasteiger partial charge in [-0.2, -0.15) is 0 Å². The fourth-order valence-electron chi connectivity index (χ4n) is 1.98. The molecule has 0 aliphatic rings. The van der Waals surface area contributed by atoms with Crippen molar-refractivity contribution in [3.8, 4) is 16.9 Å². The minimum absolute atomic E-state index is 0. The van der Waals surface area contributed by atoms with E-state index in [1.54, 1.807) is 7.11 Å². The summed E-state index contributed by atoms with van der Waals surface area (Å²) in [5.41, 5.74) is 9.17. The van der Waals surface area contributed by atoms with Crippen molar-refractivity contribution in [1.29, 1.82) is 0 Å². The molecule has 2 rings (SSSR count). The Morgan fingerprint density at radius 1 is 1.00 bits per heavy atom. The van der Waals surface area contributed by atoms with Crippen LogP contribution in [0, 0.1) is 0 Å². The first-order valence-electron chi connectivity index (χ1n) is 6.32. The molecular formula is C16H20ClNO2. The minimum Gasteiger partial charge on any atom is -0.497 e. The van der Waals surface area contributed by atoms with E-state index in [-0.39, 0.29) is 25.1 Å². The molecule has 3 N–H and O–H groups in total. The topological polar surface area (TPSA) is 55.5 Å². The number of hydrogen-bond donors (Lipinski definition) is 2. The van der Waals surface area contributed by atoms with Crippen LogP contribution in [0.3, 0.4) is 0 Å². The summed E-state index contributed by atoms with van der Waals surface area (Å²) in [6, 6.07) is 16.0. The van der Waals surface area contributed by atoms with Crippen LogP contribution < -0.4 is 10.5 Å². The number of ether oxygens (including phenoxy) is 1. The van der Waals surface area contributed by atoms with Crippen LogP contribution in [-0.4, -0.2) is 24.9 Å². The van der Waals surface area contributed by atoms with Gasteiger partial charge < -0.3 is 15.6 Å². The first-order chi connectivity index (χ1) is 9.22. The Balaban J connectivity index is 0.00000200. The summed E-state index contributed by atoms with van der Waals surface area (Å²) in [5.74, 6) is 0.856. The first kappa shape index (κ1) is 16.5. The van der Waals surface area contributed by atoms with Crippen LogP contribution in [0.2, 0.25) is 0 Å². The molecule has 0 spiro atoms. The van der Waals surface area contributed by atoms with E-state index >= 15 is 0 Å². The number of nitrogens with two attached hydrogens (primary N) is 1. The van der Waals surface area contributed by atoms with Crippen LogP contribution in [-0.2, 0) is 6.42 Å². The van der Waals surface area contributed by atoms with Crippen molar-refractivity contribution in [2.45, 2.75) is 12.5 Å². The average molecular weight is 294 g/mol. The normalized spacial score (nSPS) is 11.6. The predicted molar refractivity (Wildman–Crippen MR) is 84.4 cm³/mol. The van der Waals surface area contributed by atoms with Gasteiger partial charge in [-0.05, 0) is 35.2 Å². The van der Waals surface area contributed by atoms with Crippen LogP contribution in [0.5, 0.6) is 5.75 Å². The van der Waals surface area contributed by atoms with Crippen molar-refractivity contribution in [3.05, 3.63) is 54.1 Å². The van der Waals surface area contributed by atoms with Gasteiger partial charge in [0.15, 0.2) is 0 Å². The van der Waals surface area contributed by atoms with E-state index in [2.05, 4.69) is 24.3 Å². The highest BCUT2D eigenvalue weighted by Gasteiger charge is 2.03. The van der Waals surface area contributed by atoms with Crippen molar-refractivity contribution >= 4 is 12.4 Å². The standard InChI is InChI=1S/C16H19NO2.ClH/c1-19-16-8-6-14(7-9-16)13-4-2-12(3-5-13)10-15(17)11-18;/h2-9,15,18H,10-11,17H2,1H3;1H. The Kier molecular flexibility index (Phi) is 6.52. The molecule has 4 heteroatoms. The molecule has 0 saturated heterocycles. The molecule has 20 heavy (non-hydrogen) atoms. The Labute approximate surface area is 125 Å². The molecule has 0 radical (unpaired) electrons. The fraction of sp³-hybridized carbons (Fsp3) is 0.250. The molecule has 0 aromatic heterocycles. The molecule has 0 amide bonds.